The lowest BCUT2D eigenvalue weighted by atomic mass is 10.0. The highest BCUT2D eigenvalue weighted by Gasteiger charge is 2.16. The third-order valence-electron chi connectivity index (χ3n) is 8.06. The standard InChI is InChI=1S/C31H67N2O3S/c1-6-7-8-9-10-11-12-13-14-17-20-23-27-32(2,3)28-24-21-18-15-16-19-22-25-29-33(4,5)30-26-31-37(34,35)36/h6-31H2,1-5H3/q+1/p+1. The summed E-state index contributed by atoms with van der Waals surface area (Å²) in [7, 11) is 5.32. The first-order valence-corrected chi connectivity index (χ1v) is 17.7. The van der Waals surface area contributed by atoms with Gasteiger partial charge >= 0.3 is 0 Å². The molecule has 0 aliphatic carbocycles. The van der Waals surface area contributed by atoms with Gasteiger partial charge in [-0.3, -0.25) is 4.55 Å². The van der Waals surface area contributed by atoms with E-state index in [1.165, 1.54) is 146 Å². The van der Waals surface area contributed by atoms with Crippen molar-refractivity contribution in [2.24, 2.45) is 0 Å². The van der Waals surface area contributed by atoms with Crippen LogP contribution in [0.5, 0.6) is 0 Å². The average molecular weight is 549 g/mol. The Balaban J connectivity index is 3.49. The van der Waals surface area contributed by atoms with Gasteiger partial charge in [0.2, 0.25) is 0 Å². The maximum Gasteiger partial charge on any atom is 0.265 e. The summed E-state index contributed by atoms with van der Waals surface area (Å²) < 4.78 is 32.6. The summed E-state index contributed by atoms with van der Waals surface area (Å²) in [6.45, 7) is 6.83. The van der Waals surface area contributed by atoms with Crippen molar-refractivity contribution in [3.05, 3.63) is 0 Å². The molecule has 0 saturated carbocycles. The van der Waals surface area contributed by atoms with Crippen LogP contribution >= 0.6 is 0 Å². The lowest BCUT2D eigenvalue weighted by Gasteiger charge is -2.30. The van der Waals surface area contributed by atoms with Crippen LogP contribution in [0.25, 0.3) is 0 Å². The third-order valence-corrected chi connectivity index (χ3v) is 8.86. The molecule has 0 fully saturated rings. The topological polar surface area (TPSA) is 54.4 Å². The largest absolute Gasteiger partial charge is 0.328 e. The van der Waals surface area contributed by atoms with Crippen LogP contribution in [-0.2, 0) is 10.1 Å². The Kier molecular flexibility index (Phi) is 22.5. The molecule has 224 valence electrons. The minimum Gasteiger partial charge on any atom is -0.328 e. The maximum absolute atomic E-state index is 10.9. The Bertz CT molecular complexity index is 606. The van der Waals surface area contributed by atoms with Gasteiger partial charge < -0.3 is 8.97 Å². The molecule has 37 heavy (non-hydrogen) atoms. The summed E-state index contributed by atoms with van der Waals surface area (Å²) in [5, 5.41) is 0. The van der Waals surface area contributed by atoms with Crippen molar-refractivity contribution in [3.63, 3.8) is 0 Å². The van der Waals surface area contributed by atoms with E-state index in [0.717, 1.165) is 17.6 Å². The van der Waals surface area contributed by atoms with Gasteiger partial charge in [-0.15, -0.1) is 0 Å². The Morgan fingerprint density at radius 3 is 0.946 bits per heavy atom. The predicted octanol–water partition coefficient (Wildman–Crippen LogP) is 8.24. The summed E-state index contributed by atoms with van der Waals surface area (Å²) in [6, 6.07) is 0. The molecule has 0 unspecified atom stereocenters. The molecule has 0 heterocycles. The molecule has 0 saturated heterocycles. The van der Waals surface area contributed by atoms with Gasteiger partial charge in [0.25, 0.3) is 10.1 Å². The van der Waals surface area contributed by atoms with Crippen molar-refractivity contribution in [2.75, 3.05) is 60.1 Å². The zero-order valence-corrected chi connectivity index (χ0v) is 26.8. The van der Waals surface area contributed by atoms with Gasteiger partial charge in [-0.2, -0.15) is 8.42 Å². The average Bonchev–Trinajstić information content (AvgIpc) is 2.80. The fourth-order valence-corrected chi connectivity index (χ4v) is 5.91. The van der Waals surface area contributed by atoms with E-state index in [0.29, 0.717) is 6.42 Å². The molecule has 1 N–H and O–H groups in total. The van der Waals surface area contributed by atoms with E-state index in [2.05, 4.69) is 35.1 Å². The Morgan fingerprint density at radius 2 is 0.676 bits per heavy atom. The van der Waals surface area contributed by atoms with Crippen molar-refractivity contribution in [3.8, 4) is 0 Å². The molecule has 0 aromatic carbocycles. The highest BCUT2D eigenvalue weighted by Crippen LogP contribution is 2.15. The zero-order chi connectivity index (χ0) is 27.9. The number of nitrogens with zero attached hydrogens (tertiary/aromatic N) is 2. The van der Waals surface area contributed by atoms with Crippen LogP contribution in [0.2, 0.25) is 0 Å². The number of rotatable bonds is 28. The Labute approximate surface area is 233 Å². The summed E-state index contributed by atoms with van der Waals surface area (Å²) in [6.07, 6.45) is 28.3. The minimum atomic E-state index is -3.82. The van der Waals surface area contributed by atoms with Crippen molar-refractivity contribution >= 4 is 10.1 Å². The SMILES string of the molecule is CCCCCCCCCCCCCC[N+](C)(C)CCCCCCCCCC[N+](C)(C)CCCS(=O)(=O)O. The van der Waals surface area contributed by atoms with Gasteiger partial charge in [-0.05, 0) is 38.5 Å². The van der Waals surface area contributed by atoms with Crippen molar-refractivity contribution < 1.29 is 21.9 Å². The van der Waals surface area contributed by atoms with Gasteiger partial charge in [-0.1, -0.05) is 96.8 Å². The number of quaternary nitrogens is 2. The normalized spacial score (nSPS) is 12.9. The fourth-order valence-electron chi connectivity index (χ4n) is 5.42. The van der Waals surface area contributed by atoms with Crippen LogP contribution in [0.3, 0.4) is 0 Å². The molecule has 0 bridgehead atoms. The molecule has 5 nitrogen and oxygen atoms in total. The van der Waals surface area contributed by atoms with E-state index in [-0.39, 0.29) is 5.75 Å². The first-order valence-electron chi connectivity index (χ1n) is 16.1. The molecule has 0 aliphatic rings. The second-order valence-electron chi connectivity index (χ2n) is 13.1. The Morgan fingerprint density at radius 1 is 0.432 bits per heavy atom. The third kappa shape index (κ3) is 28.7. The summed E-state index contributed by atoms with van der Waals surface area (Å²) >= 11 is 0. The molecule has 6 heteroatoms. The molecule has 0 aromatic rings. The van der Waals surface area contributed by atoms with Crippen molar-refractivity contribution in [1.82, 2.24) is 0 Å². The fraction of sp³-hybridized carbons (Fsp3) is 1.00. The summed E-state index contributed by atoms with van der Waals surface area (Å²) in [5.41, 5.74) is 0. The molecule has 0 rings (SSSR count). The molecule has 0 spiro atoms. The first kappa shape index (κ1) is 36.8. The van der Waals surface area contributed by atoms with E-state index in [1.807, 2.05) is 0 Å². The quantitative estimate of drug-likeness (QED) is 0.0608. The lowest BCUT2D eigenvalue weighted by molar-refractivity contribution is -0.890. The van der Waals surface area contributed by atoms with Crippen LogP contribution in [0.15, 0.2) is 0 Å². The van der Waals surface area contributed by atoms with Crippen LogP contribution in [0.1, 0.15) is 142 Å². The lowest BCUT2D eigenvalue weighted by Crippen LogP contribution is -2.41. The van der Waals surface area contributed by atoms with E-state index in [1.54, 1.807) is 0 Å². The highest BCUT2D eigenvalue weighted by molar-refractivity contribution is 7.85. The van der Waals surface area contributed by atoms with E-state index < -0.39 is 10.1 Å². The predicted molar refractivity (Wildman–Crippen MR) is 163 cm³/mol. The van der Waals surface area contributed by atoms with Crippen LogP contribution in [0, 0.1) is 0 Å². The maximum atomic E-state index is 10.9. The van der Waals surface area contributed by atoms with Crippen LogP contribution in [-0.4, -0.2) is 82.1 Å². The molecular formula is C31H68N2O3S+2. The van der Waals surface area contributed by atoms with E-state index in [4.69, 9.17) is 4.55 Å². The number of hydrogen-bond acceptors (Lipinski definition) is 2. The second kappa shape index (κ2) is 22.6. The van der Waals surface area contributed by atoms with Gasteiger partial charge in [0.1, 0.15) is 0 Å². The van der Waals surface area contributed by atoms with E-state index >= 15 is 0 Å². The van der Waals surface area contributed by atoms with Gasteiger partial charge in [0, 0.05) is 6.42 Å². The zero-order valence-electron chi connectivity index (χ0n) is 26.0. The second-order valence-corrected chi connectivity index (χ2v) is 14.7. The molecule has 0 atom stereocenters. The van der Waals surface area contributed by atoms with E-state index in [9.17, 15) is 8.42 Å². The van der Waals surface area contributed by atoms with Crippen LogP contribution in [0.4, 0.5) is 0 Å². The molecular weight excluding hydrogens is 480 g/mol. The number of unbranched alkanes of at least 4 members (excludes halogenated alkanes) is 18. The van der Waals surface area contributed by atoms with Crippen LogP contribution < -0.4 is 0 Å². The monoisotopic (exact) mass is 548 g/mol. The Hall–Kier alpha value is -0.170. The summed E-state index contributed by atoms with van der Waals surface area (Å²) in [4.78, 5) is 0. The van der Waals surface area contributed by atoms with Gasteiger partial charge in [-0.25, -0.2) is 0 Å². The number of hydrogen-bond donors (Lipinski definition) is 1. The van der Waals surface area contributed by atoms with Crippen molar-refractivity contribution in [1.29, 1.82) is 0 Å². The van der Waals surface area contributed by atoms with Gasteiger partial charge in [0.05, 0.1) is 60.1 Å². The van der Waals surface area contributed by atoms with Gasteiger partial charge in [0.15, 0.2) is 0 Å². The molecule has 0 radical (unpaired) electrons. The first-order chi connectivity index (χ1) is 17.5. The summed E-state index contributed by atoms with van der Waals surface area (Å²) in [5.74, 6) is -0.121. The minimum absolute atomic E-state index is 0.121. The molecule has 0 aromatic heterocycles. The molecule has 0 aliphatic heterocycles. The highest BCUT2D eigenvalue weighted by atomic mass is 32.2. The van der Waals surface area contributed by atoms with Crippen molar-refractivity contribution in [2.45, 2.75) is 142 Å². The smallest absolute Gasteiger partial charge is 0.265 e. The molecule has 0 amide bonds.